The van der Waals surface area contributed by atoms with Crippen LogP contribution in [0.15, 0.2) is 4.99 Å². The van der Waals surface area contributed by atoms with Gasteiger partial charge in [-0.2, -0.15) is 0 Å². The van der Waals surface area contributed by atoms with Crippen LogP contribution in [0.3, 0.4) is 0 Å². The standard InChI is InChI=1S/C17H34N8O6/c18-6-2-1-5-11(15(29)25-12(9-26)16(30)31)24-13(27)8-23-14(28)10(19)4-3-7-22-17(20)21/h10-12,26H,1-9,18-19H2,(H,23,28)(H,24,27)(H,25,29)(H,30,31)(H4,20,21,22)/t10-,11-,12-/m0/s1. The molecule has 0 aliphatic carbocycles. The number of amides is 3. The molecule has 0 rings (SSSR count). The zero-order chi connectivity index (χ0) is 23.8. The summed E-state index contributed by atoms with van der Waals surface area (Å²) in [5.41, 5.74) is 21.6. The number of carboxylic acids is 1. The molecular formula is C17H34N8O6. The van der Waals surface area contributed by atoms with E-state index in [1.165, 1.54) is 0 Å². The van der Waals surface area contributed by atoms with E-state index in [2.05, 4.69) is 20.9 Å². The Morgan fingerprint density at radius 1 is 0.935 bits per heavy atom. The van der Waals surface area contributed by atoms with Crippen molar-refractivity contribution in [3.63, 3.8) is 0 Å². The minimum atomic E-state index is -1.50. The maximum absolute atomic E-state index is 12.3. The van der Waals surface area contributed by atoms with Crippen molar-refractivity contribution in [3.05, 3.63) is 0 Å². The van der Waals surface area contributed by atoms with E-state index in [0.717, 1.165) is 0 Å². The predicted molar refractivity (Wildman–Crippen MR) is 112 cm³/mol. The molecule has 0 aromatic rings. The largest absolute Gasteiger partial charge is 0.480 e. The number of carboxylic acid groups (broad SMARTS) is 1. The van der Waals surface area contributed by atoms with Crippen molar-refractivity contribution >= 4 is 29.7 Å². The maximum Gasteiger partial charge on any atom is 0.328 e. The number of hydrogen-bond acceptors (Lipinski definition) is 8. The van der Waals surface area contributed by atoms with E-state index in [1.54, 1.807) is 0 Å². The topological polar surface area (TPSA) is 261 Å². The molecule has 178 valence electrons. The smallest absolute Gasteiger partial charge is 0.328 e. The van der Waals surface area contributed by atoms with Gasteiger partial charge in [0.1, 0.15) is 12.1 Å². The van der Waals surface area contributed by atoms with E-state index in [-0.39, 0.29) is 12.4 Å². The van der Waals surface area contributed by atoms with Crippen LogP contribution in [-0.2, 0) is 19.2 Å². The predicted octanol–water partition coefficient (Wildman–Crippen LogP) is -4.34. The summed E-state index contributed by atoms with van der Waals surface area (Å²) in [6, 6.07) is -3.43. The van der Waals surface area contributed by atoms with Crippen LogP contribution in [0.2, 0.25) is 0 Å². The van der Waals surface area contributed by atoms with E-state index >= 15 is 0 Å². The quantitative estimate of drug-likeness (QED) is 0.0624. The van der Waals surface area contributed by atoms with Gasteiger partial charge in [-0.25, -0.2) is 4.79 Å². The van der Waals surface area contributed by atoms with E-state index in [1.807, 2.05) is 0 Å². The summed E-state index contributed by atoms with van der Waals surface area (Å²) in [6.07, 6.45) is 2.06. The van der Waals surface area contributed by atoms with Crippen molar-refractivity contribution in [3.8, 4) is 0 Å². The molecule has 0 aliphatic heterocycles. The van der Waals surface area contributed by atoms with Crippen molar-refractivity contribution < 1.29 is 29.4 Å². The lowest BCUT2D eigenvalue weighted by Gasteiger charge is -2.21. The lowest BCUT2D eigenvalue weighted by atomic mass is 10.1. The van der Waals surface area contributed by atoms with Crippen molar-refractivity contribution in [1.82, 2.24) is 16.0 Å². The summed E-state index contributed by atoms with van der Waals surface area (Å²) in [5, 5.41) is 24.9. The van der Waals surface area contributed by atoms with E-state index < -0.39 is 55.0 Å². The van der Waals surface area contributed by atoms with E-state index in [9.17, 15) is 19.2 Å². The van der Waals surface area contributed by atoms with Gasteiger partial charge in [-0.1, -0.05) is 0 Å². The summed E-state index contributed by atoms with van der Waals surface area (Å²) >= 11 is 0. The van der Waals surface area contributed by atoms with Crippen molar-refractivity contribution in [1.29, 1.82) is 0 Å². The lowest BCUT2D eigenvalue weighted by molar-refractivity contribution is -0.143. The third-order valence-corrected chi connectivity index (χ3v) is 4.12. The third kappa shape index (κ3) is 13.0. The Labute approximate surface area is 180 Å². The minimum Gasteiger partial charge on any atom is -0.480 e. The average molecular weight is 447 g/mol. The monoisotopic (exact) mass is 446 g/mol. The highest BCUT2D eigenvalue weighted by Crippen LogP contribution is 2.02. The first kappa shape index (κ1) is 28.0. The van der Waals surface area contributed by atoms with Crippen LogP contribution >= 0.6 is 0 Å². The van der Waals surface area contributed by atoms with E-state index in [0.29, 0.717) is 38.8 Å². The number of carbonyl (C=O) groups excluding carboxylic acids is 3. The highest BCUT2D eigenvalue weighted by Gasteiger charge is 2.26. The summed E-state index contributed by atoms with van der Waals surface area (Å²) in [7, 11) is 0. The number of nitrogens with zero attached hydrogens (tertiary/aromatic N) is 1. The molecule has 0 heterocycles. The molecule has 0 fully saturated rings. The van der Waals surface area contributed by atoms with Gasteiger partial charge >= 0.3 is 5.97 Å². The van der Waals surface area contributed by atoms with Gasteiger partial charge in [-0.15, -0.1) is 0 Å². The van der Waals surface area contributed by atoms with Gasteiger partial charge in [0.05, 0.1) is 19.2 Å². The van der Waals surface area contributed by atoms with Crippen molar-refractivity contribution in [2.45, 2.75) is 50.2 Å². The van der Waals surface area contributed by atoms with Crippen LogP contribution in [0, 0.1) is 0 Å². The molecule has 0 aromatic carbocycles. The first-order chi connectivity index (χ1) is 14.6. The summed E-state index contributed by atoms with van der Waals surface area (Å²) in [6.45, 7) is -0.534. The number of aliphatic hydroxyl groups excluding tert-OH is 1. The fourth-order valence-corrected chi connectivity index (χ4v) is 2.41. The number of aliphatic carboxylic acids is 1. The lowest BCUT2D eigenvalue weighted by Crippen LogP contribution is -2.54. The number of guanidine groups is 1. The normalized spacial score (nSPS) is 13.4. The van der Waals surface area contributed by atoms with Crippen LogP contribution in [-0.4, -0.2) is 84.2 Å². The number of nitrogens with one attached hydrogen (secondary N) is 3. The van der Waals surface area contributed by atoms with E-state index in [4.69, 9.17) is 33.1 Å². The number of hydrogen-bond donors (Lipinski definition) is 9. The zero-order valence-electron chi connectivity index (χ0n) is 17.4. The molecule has 0 aliphatic rings. The summed E-state index contributed by atoms with van der Waals surface area (Å²) in [4.78, 5) is 51.2. The Morgan fingerprint density at radius 3 is 2.16 bits per heavy atom. The zero-order valence-corrected chi connectivity index (χ0v) is 17.4. The number of nitrogens with two attached hydrogens (primary N) is 4. The molecule has 0 saturated carbocycles. The molecule has 14 heteroatoms. The van der Waals surface area contributed by atoms with Crippen LogP contribution < -0.4 is 38.9 Å². The SMILES string of the molecule is NCCCC[C@H](NC(=O)CNC(=O)[C@@H](N)CCCN=C(N)N)C(=O)N[C@@H](CO)C(=O)O. The molecule has 0 radical (unpaired) electrons. The molecule has 0 bridgehead atoms. The van der Waals surface area contributed by atoms with Crippen LogP contribution in [0.4, 0.5) is 0 Å². The molecule has 3 amide bonds. The number of rotatable bonds is 16. The second kappa shape index (κ2) is 15.8. The molecule has 31 heavy (non-hydrogen) atoms. The highest BCUT2D eigenvalue weighted by atomic mass is 16.4. The Balaban J connectivity index is 4.66. The van der Waals surface area contributed by atoms with Crippen LogP contribution in [0.25, 0.3) is 0 Å². The van der Waals surface area contributed by atoms with Crippen molar-refractivity contribution in [2.24, 2.45) is 27.9 Å². The molecule has 0 unspecified atom stereocenters. The highest BCUT2D eigenvalue weighted by molar-refractivity contribution is 5.92. The Bertz CT molecular complexity index is 626. The van der Waals surface area contributed by atoms with Crippen molar-refractivity contribution in [2.75, 3.05) is 26.2 Å². The fraction of sp³-hybridized carbons (Fsp3) is 0.706. The first-order valence-corrected chi connectivity index (χ1v) is 9.84. The molecule has 0 spiro atoms. The molecule has 0 aromatic heterocycles. The van der Waals surface area contributed by atoms with Gasteiger partial charge < -0.3 is 49.1 Å². The number of aliphatic imine (C=N–C) groups is 1. The number of carbonyl (C=O) groups is 4. The van der Waals surface area contributed by atoms with Crippen LogP contribution in [0.5, 0.6) is 0 Å². The third-order valence-electron chi connectivity index (χ3n) is 4.12. The van der Waals surface area contributed by atoms with Gasteiger partial charge in [0, 0.05) is 6.54 Å². The second-order valence-electron chi connectivity index (χ2n) is 6.76. The van der Waals surface area contributed by atoms with Gasteiger partial charge in [0.25, 0.3) is 0 Å². The average Bonchev–Trinajstić information content (AvgIpc) is 2.71. The number of unbranched alkanes of at least 4 members (excludes halogenated alkanes) is 1. The summed E-state index contributed by atoms with van der Waals surface area (Å²) in [5.74, 6) is -3.47. The second-order valence-corrected chi connectivity index (χ2v) is 6.76. The number of aliphatic hydroxyl groups is 1. The fourth-order valence-electron chi connectivity index (χ4n) is 2.41. The minimum absolute atomic E-state index is 0.0617. The Morgan fingerprint density at radius 2 is 1.61 bits per heavy atom. The van der Waals surface area contributed by atoms with Gasteiger partial charge in [0.2, 0.25) is 17.7 Å². The summed E-state index contributed by atoms with van der Waals surface area (Å²) < 4.78 is 0. The first-order valence-electron chi connectivity index (χ1n) is 9.84. The molecule has 3 atom stereocenters. The Hall–Kier alpha value is -2.97. The molecule has 0 saturated heterocycles. The molecule has 14 nitrogen and oxygen atoms in total. The van der Waals surface area contributed by atoms with Gasteiger partial charge in [-0.3, -0.25) is 19.4 Å². The Kier molecular flexibility index (Phi) is 14.3. The van der Waals surface area contributed by atoms with Crippen LogP contribution in [0.1, 0.15) is 32.1 Å². The van der Waals surface area contributed by atoms with Gasteiger partial charge in [-0.05, 0) is 38.6 Å². The maximum atomic E-state index is 12.3. The van der Waals surface area contributed by atoms with Gasteiger partial charge in [0.15, 0.2) is 5.96 Å². The molecule has 13 N–H and O–H groups in total. The molecular weight excluding hydrogens is 412 g/mol.